The van der Waals surface area contributed by atoms with Crippen LogP contribution in [0.2, 0.25) is 0 Å². The van der Waals surface area contributed by atoms with Gasteiger partial charge in [0.15, 0.2) is 5.71 Å². The van der Waals surface area contributed by atoms with Crippen molar-refractivity contribution in [3.8, 4) is 0 Å². The van der Waals surface area contributed by atoms with E-state index in [1.807, 2.05) is 0 Å². The molecule has 0 aromatic carbocycles. The summed E-state index contributed by atoms with van der Waals surface area (Å²) in [6.45, 7) is -0.511. The van der Waals surface area contributed by atoms with Crippen LogP contribution in [0.25, 0.3) is 0 Å². The zero-order valence-corrected chi connectivity index (χ0v) is 8.32. The van der Waals surface area contributed by atoms with E-state index in [2.05, 4.69) is 10.5 Å². The smallest absolute Gasteiger partial charge is 0.322 e. The second-order valence-electron chi connectivity index (χ2n) is 2.50. The normalized spacial score (nSPS) is 11.1. The maximum atomic E-state index is 11.3. The molecule has 1 aromatic rings. The van der Waals surface area contributed by atoms with Crippen LogP contribution in [0.1, 0.15) is 4.88 Å². The SMILES string of the molecule is O=C(O)CNC(=O)/C(=N/O)c1cccs1. The van der Waals surface area contributed by atoms with Crippen LogP contribution < -0.4 is 5.32 Å². The highest BCUT2D eigenvalue weighted by Crippen LogP contribution is 2.09. The summed E-state index contributed by atoms with van der Waals surface area (Å²) in [5.74, 6) is -1.88. The van der Waals surface area contributed by atoms with E-state index in [1.165, 1.54) is 11.3 Å². The first-order chi connectivity index (χ1) is 7.15. The zero-order chi connectivity index (χ0) is 11.3. The lowest BCUT2D eigenvalue weighted by Crippen LogP contribution is -2.35. The summed E-state index contributed by atoms with van der Waals surface area (Å²) in [5, 5.41) is 23.6. The number of hydrogen-bond acceptors (Lipinski definition) is 5. The van der Waals surface area contributed by atoms with E-state index >= 15 is 0 Å². The average molecular weight is 228 g/mol. The van der Waals surface area contributed by atoms with Crippen molar-refractivity contribution in [1.82, 2.24) is 5.32 Å². The number of rotatable bonds is 4. The summed E-state index contributed by atoms with van der Waals surface area (Å²) >= 11 is 1.22. The van der Waals surface area contributed by atoms with Crippen LogP contribution in [0.15, 0.2) is 22.7 Å². The van der Waals surface area contributed by atoms with E-state index in [0.717, 1.165) is 0 Å². The number of carbonyl (C=O) groups excluding carboxylic acids is 1. The Hall–Kier alpha value is -1.89. The summed E-state index contributed by atoms with van der Waals surface area (Å²) in [6, 6.07) is 3.29. The molecule has 0 saturated heterocycles. The molecule has 0 bridgehead atoms. The first-order valence-corrected chi connectivity index (χ1v) is 4.79. The van der Waals surface area contributed by atoms with Gasteiger partial charge in [0.05, 0.1) is 4.88 Å². The highest BCUT2D eigenvalue weighted by Gasteiger charge is 2.16. The van der Waals surface area contributed by atoms with Gasteiger partial charge < -0.3 is 15.6 Å². The number of thiophene rings is 1. The van der Waals surface area contributed by atoms with Crippen molar-refractivity contribution < 1.29 is 19.9 Å². The van der Waals surface area contributed by atoms with Gasteiger partial charge in [-0.2, -0.15) is 0 Å². The van der Waals surface area contributed by atoms with Crippen LogP contribution >= 0.6 is 11.3 Å². The van der Waals surface area contributed by atoms with E-state index in [1.54, 1.807) is 17.5 Å². The van der Waals surface area contributed by atoms with Crippen molar-refractivity contribution in [2.75, 3.05) is 6.54 Å². The van der Waals surface area contributed by atoms with Gasteiger partial charge in [-0.3, -0.25) is 9.59 Å². The van der Waals surface area contributed by atoms with Crippen LogP contribution in [-0.4, -0.2) is 34.4 Å². The van der Waals surface area contributed by atoms with Crippen LogP contribution in [0.5, 0.6) is 0 Å². The van der Waals surface area contributed by atoms with Gasteiger partial charge in [0.1, 0.15) is 6.54 Å². The van der Waals surface area contributed by atoms with Gasteiger partial charge in [-0.25, -0.2) is 0 Å². The number of oxime groups is 1. The molecular formula is C8H8N2O4S. The Morgan fingerprint density at radius 3 is 2.73 bits per heavy atom. The fraction of sp³-hybridized carbons (Fsp3) is 0.125. The topological polar surface area (TPSA) is 99.0 Å². The Balaban J connectivity index is 2.69. The van der Waals surface area contributed by atoms with Gasteiger partial charge in [0, 0.05) is 0 Å². The number of aliphatic carboxylic acids is 1. The first-order valence-electron chi connectivity index (χ1n) is 3.91. The number of hydrogen-bond donors (Lipinski definition) is 3. The standard InChI is InChI=1S/C8H8N2O4S/c11-6(12)4-9-8(13)7(10-14)5-2-1-3-15-5/h1-3,14H,4H2,(H,9,13)(H,11,12)/b10-7+. The summed E-state index contributed by atoms with van der Waals surface area (Å²) in [4.78, 5) is 22.0. The highest BCUT2D eigenvalue weighted by atomic mass is 32.1. The molecular weight excluding hydrogens is 220 g/mol. The third kappa shape index (κ3) is 3.06. The van der Waals surface area contributed by atoms with Crippen molar-refractivity contribution in [2.45, 2.75) is 0 Å². The Kier molecular flexibility index (Phi) is 3.81. The summed E-state index contributed by atoms with van der Waals surface area (Å²) in [5.41, 5.74) is -0.189. The summed E-state index contributed by atoms with van der Waals surface area (Å²) < 4.78 is 0. The fourth-order valence-electron chi connectivity index (χ4n) is 0.860. The Morgan fingerprint density at radius 1 is 1.53 bits per heavy atom. The molecule has 1 amide bonds. The number of carbonyl (C=O) groups is 2. The third-order valence-electron chi connectivity index (χ3n) is 1.47. The quantitative estimate of drug-likeness (QED) is 0.387. The minimum absolute atomic E-state index is 0.189. The molecule has 0 atom stereocenters. The maximum absolute atomic E-state index is 11.3. The molecule has 3 N–H and O–H groups in total. The second kappa shape index (κ2) is 5.11. The molecule has 6 nitrogen and oxygen atoms in total. The summed E-state index contributed by atoms with van der Waals surface area (Å²) in [6.07, 6.45) is 0. The lowest BCUT2D eigenvalue weighted by Gasteiger charge is -2.01. The molecule has 80 valence electrons. The maximum Gasteiger partial charge on any atom is 0.322 e. The number of carboxylic acids is 1. The monoisotopic (exact) mass is 228 g/mol. The van der Waals surface area contributed by atoms with Crippen molar-refractivity contribution in [1.29, 1.82) is 0 Å². The van der Waals surface area contributed by atoms with Gasteiger partial charge in [0.2, 0.25) is 0 Å². The van der Waals surface area contributed by atoms with Gasteiger partial charge >= 0.3 is 5.97 Å². The molecule has 0 unspecified atom stereocenters. The van der Waals surface area contributed by atoms with Gasteiger partial charge in [-0.15, -0.1) is 11.3 Å². The van der Waals surface area contributed by atoms with E-state index in [9.17, 15) is 9.59 Å². The van der Waals surface area contributed by atoms with Crippen molar-refractivity contribution in [3.05, 3.63) is 22.4 Å². The average Bonchev–Trinajstić information content (AvgIpc) is 2.69. The van der Waals surface area contributed by atoms with E-state index < -0.39 is 18.4 Å². The molecule has 0 fully saturated rings. The fourth-order valence-corrected chi connectivity index (χ4v) is 1.57. The van der Waals surface area contributed by atoms with E-state index in [0.29, 0.717) is 4.88 Å². The molecule has 15 heavy (non-hydrogen) atoms. The third-order valence-corrected chi connectivity index (χ3v) is 2.35. The van der Waals surface area contributed by atoms with Crippen LogP contribution in [0, 0.1) is 0 Å². The molecule has 0 aliphatic heterocycles. The minimum Gasteiger partial charge on any atom is -0.480 e. The van der Waals surface area contributed by atoms with Gasteiger partial charge in [0.25, 0.3) is 5.91 Å². The number of amides is 1. The number of nitrogens with one attached hydrogen (secondary N) is 1. The predicted octanol–water partition coefficient (Wildman–Crippen LogP) is 0.127. The molecule has 1 heterocycles. The van der Waals surface area contributed by atoms with Crippen molar-refractivity contribution >= 4 is 28.9 Å². The Morgan fingerprint density at radius 2 is 2.27 bits per heavy atom. The molecule has 0 spiro atoms. The van der Waals surface area contributed by atoms with Crippen molar-refractivity contribution in [2.24, 2.45) is 5.16 Å². The summed E-state index contributed by atoms with van der Waals surface area (Å²) in [7, 11) is 0. The highest BCUT2D eigenvalue weighted by molar-refractivity contribution is 7.13. The van der Waals surface area contributed by atoms with Crippen molar-refractivity contribution in [3.63, 3.8) is 0 Å². The van der Waals surface area contributed by atoms with Gasteiger partial charge in [-0.1, -0.05) is 11.2 Å². The van der Waals surface area contributed by atoms with Crippen LogP contribution in [-0.2, 0) is 9.59 Å². The number of carboxylic acid groups (broad SMARTS) is 1. The lowest BCUT2D eigenvalue weighted by molar-refractivity contribution is -0.137. The zero-order valence-electron chi connectivity index (χ0n) is 7.51. The van der Waals surface area contributed by atoms with E-state index in [-0.39, 0.29) is 5.71 Å². The predicted molar refractivity (Wildman–Crippen MR) is 53.3 cm³/mol. The Bertz CT molecular complexity index is 385. The molecule has 0 aliphatic carbocycles. The van der Waals surface area contributed by atoms with Crippen LogP contribution in [0.4, 0.5) is 0 Å². The molecule has 0 aliphatic rings. The Labute approximate surface area is 88.8 Å². The second-order valence-corrected chi connectivity index (χ2v) is 3.45. The molecule has 1 aromatic heterocycles. The molecule has 1 rings (SSSR count). The van der Waals surface area contributed by atoms with E-state index in [4.69, 9.17) is 10.3 Å². The molecule has 0 radical (unpaired) electrons. The minimum atomic E-state index is -1.16. The molecule has 0 saturated carbocycles. The lowest BCUT2D eigenvalue weighted by atomic mass is 10.3. The number of nitrogens with zero attached hydrogens (tertiary/aromatic N) is 1. The van der Waals surface area contributed by atoms with Crippen LogP contribution in [0.3, 0.4) is 0 Å². The molecule has 7 heteroatoms. The first kappa shape index (κ1) is 11.2. The van der Waals surface area contributed by atoms with Gasteiger partial charge in [-0.05, 0) is 11.4 Å². The largest absolute Gasteiger partial charge is 0.480 e.